The highest BCUT2D eigenvalue weighted by Gasteiger charge is 2.23. The minimum absolute atomic E-state index is 0.507. The van der Waals surface area contributed by atoms with Crippen LogP contribution >= 0.6 is 0 Å². The smallest absolute Gasteiger partial charge is 0.211 e. The Hall–Kier alpha value is -1.40. The first-order valence-corrected chi connectivity index (χ1v) is 8.02. The van der Waals surface area contributed by atoms with Crippen molar-refractivity contribution in [3.05, 3.63) is 29.3 Å². The fourth-order valence-electron chi connectivity index (χ4n) is 2.27. The van der Waals surface area contributed by atoms with Crippen LogP contribution in [0.25, 0.3) is 0 Å². The zero-order chi connectivity index (χ0) is 14.0. The first kappa shape index (κ1) is 14.0. The number of nitrogens with zero attached hydrogens (tertiary/aromatic N) is 2. The first-order valence-electron chi connectivity index (χ1n) is 6.18. The Morgan fingerprint density at radius 1 is 1.16 bits per heavy atom. The second-order valence-corrected chi connectivity index (χ2v) is 6.79. The van der Waals surface area contributed by atoms with E-state index in [4.69, 9.17) is 0 Å². The summed E-state index contributed by atoms with van der Waals surface area (Å²) < 4.78 is 24.4. The third-order valence-corrected chi connectivity index (χ3v) is 4.76. The Bertz CT molecular complexity index is 576. The third kappa shape index (κ3) is 3.13. The lowest BCUT2D eigenvalue weighted by Crippen LogP contribution is -2.48. The van der Waals surface area contributed by atoms with E-state index in [1.165, 1.54) is 10.6 Å². The molecule has 1 aromatic rings. The molecule has 104 valence electrons. The van der Waals surface area contributed by atoms with E-state index in [1.54, 1.807) is 6.07 Å². The number of anilines is 1. The summed E-state index contributed by atoms with van der Waals surface area (Å²) in [6, 6.07) is 5.69. The molecule has 0 saturated carbocycles. The maximum Gasteiger partial charge on any atom is 0.211 e. The molecule has 1 saturated heterocycles. The Kier molecular flexibility index (Phi) is 3.91. The molecule has 0 spiro atoms. The molecule has 0 N–H and O–H groups in total. The molecular formula is C13H18N2O3S. The van der Waals surface area contributed by atoms with Gasteiger partial charge in [-0.25, -0.2) is 8.42 Å². The summed E-state index contributed by atoms with van der Waals surface area (Å²) in [5.74, 6) is 0. The highest BCUT2D eigenvalue weighted by molar-refractivity contribution is 7.88. The van der Waals surface area contributed by atoms with E-state index in [9.17, 15) is 13.2 Å². The Balaban J connectivity index is 2.10. The molecule has 1 aliphatic rings. The standard InChI is InChI=1S/C13H18N2O3S/c1-11-9-13(4-3-12(11)10-16)14-5-7-15(8-6-14)19(2,17)18/h3-4,9-10H,5-8H2,1-2H3. The van der Waals surface area contributed by atoms with Gasteiger partial charge in [-0.15, -0.1) is 0 Å². The van der Waals surface area contributed by atoms with Crippen molar-refractivity contribution in [1.82, 2.24) is 4.31 Å². The number of carbonyl (C=O) groups excluding carboxylic acids is 1. The lowest BCUT2D eigenvalue weighted by atomic mass is 10.1. The average molecular weight is 282 g/mol. The van der Waals surface area contributed by atoms with E-state index in [2.05, 4.69) is 4.90 Å². The van der Waals surface area contributed by atoms with Gasteiger partial charge in [0.15, 0.2) is 0 Å². The number of rotatable bonds is 3. The van der Waals surface area contributed by atoms with Crippen LogP contribution in [-0.4, -0.2) is 51.4 Å². The van der Waals surface area contributed by atoms with E-state index in [0.29, 0.717) is 31.7 Å². The van der Waals surface area contributed by atoms with E-state index >= 15 is 0 Å². The summed E-state index contributed by atoms with van der Waals surface area (Å²) in [5, 5.41) is 0. The highest BCUT2D eigenvalue weighted by Crippen LogP contribution is 2.20. The predicted molar refractivity (Wildman–Crippen MR) is 75.2 cm³/mol. The van der Waals surface area contributed by atoms with Crippen LogP contribution in [0.4, 0.5) is 5.69 Å². The minimum Gasteiger partial charge on any atom is -0.369 e. The van der Waals surface area contributed by atoms with Crippen molar-refractivity contribution in [2.24, 2.45) is 0 Å². The molecule has 1 heterocycles. The fourth-order valence-corrected chi connectivity index (χ4v) is 3.09. The van der Waals surface area contributed by atoms with Gasteiger partial charge in [0, 0.05) is 37.4 Å². The number of carbonyl (C=O) groups is 1. The van der Waals surface area contributed by atoms with Crippen molar-refractivity contribution < 1.29 is 13.2 Å². The molecule has 0 bridgehead atoms. The number of aryl methyl sites for hydroxylation is 1. The second kappa shape index (κ2) is 5.30. The lowest BCUT2D eigenvalue weighted by molar-refractivity contribution is 0.112. The molecule has 0 atom stereocenters. The van der Waals surface area contributed by atoms with E-state index < -0.39 is 10.0 Å². The maximum atomic E-state index is 11.4. The van der Waals surface area contributed by atoms with Crippen molar-refractivity contribution >= 4 is 22.0 Å². The molecule has 0 aromatic heterocycles. The van der Waals surface area contributed by atoms with Crippen LogP contribution in [0.1, 0.15) is 15.9 Å². The molecule has 1 aliphatic heterocycles. The quantitative estimate of drug-likeness (QED) is 0.773. The first-order chi connectivity index (χ1) is 8.91. The zero-order valence-electron chi connectivity index (χ0n) is 11.2. The van der Waals surface area contributed by atoms with Gasteiger partial charge >= 0.3 is 0 Å². The van der Waals surface area contributed by atoms with Gasteiger partial charge in [0.25, 0.3) is 0 Å². The summed E-state index contributed by atoms with van der Waals surface area (Å²) in [6.07, 6.45) is 2.09. The molecular weight excluding hydrogens is 264 g/mol. The molecule has 0 unspecified atom stereocenters. The van der Waals surface area contributed by atoms with Crippen molar-refractivity contribution in [1.29, 1.82) is 0 Å². The average Bonchev–Trinajstić information content (AvgIpc) is 2.38. The van der Waals surface area contributed by atoms with E-state index in [0.717, 1.165) is 17.5 Å². The van der Waals surface area contributed by atoms with Gasteiger partial charge in [-0.3, -0.25) is 4.79 Å². The molecule has 5 nitrogen and oxygen atoms in total. The van der Waals surface area contributed by atoms with E-state index in [1.807, 2.05) is 19.1 Å². The molecule has 1 aromatic carbocycles. The van der Waals surface area contributed by atoms with Crippen molar-refractivity contribution in [2.45, 2.75) is 6.92 Å². The molecule has 0 radical (unpaired) electrons. The fraction of sp³-hybridized carbons (Fsp3) is 0.462. The number of sulfonamides is 1. The Labute approximate surface area is 113 Å². The molecule has 0 aliphatic carbocycles. The van der Waals surface area contributed by atoms with Crippen LogP contribution in [0, 0.1) is 6.92 Å². The van der Waals surface area contributed by atoms with Crippen LogP contribution in [0.2, 0.25) is 0 Å². The van der Waals surface area contributed by atoms with Crippen molar-refractivity contribution in [2.75, 3.05) is 37.3 Å². The molecule has 1 fully saturated rings. The summed E-state index contributed by atoms with van der Waals surface area (Å²) >= 11 is 0. The largest absolute Gasteiger partial charge is 0.369 e. The van der Waals surface area contributed by atoms with Gasteiger partial charge in [-0.1, -0.05) is 0 Å². The zero-order valence-corrected chi connectivity index (χ0v) is 12.0. The SMILES string of the molecule is Cc1cc(N2CCN(S(C)(=O)=O)CC2)ccc1C=O. The number of benzene rings is 1. The van der Waals surface area contributed by atoms with Crippen molar-refractivity contribution in [3.63, 3.8) is 0 Å². The third-order valence-electron chi connectivity index (χ3n) is 3.45. The van der Waals surface area contributed by atoms with E-state index in [-0.39, 0.29) is 0 Å². The van der Waals surface area contributed by atoms with Gasteiger partial charge in [0.05, 0.1) is 6.26 Å². The van der Waals surface area contributed by atoms with Crippen LogP contribution in [0.15, 0.2) is 18.2 Å². The maximum absolute atomic E-state index is 11.4. The Morgan fingerprint density at radius 2 is 1.79 bits per heavy atom. The lowest BCUT2D eigenvalue weighted by Gasteiger charge is -2.34. The summed E-state index contributed by atoms with van der Waals surface area (Å²) in [6.45, 7) is 4.26. The summed E-state index contributed by atoms with van der Waals surface area (Å²) in [5.41, 5.74) is 2.67. The van der Waals surface area contributed by atoms with Gasteiger partial charge in [-0.05, 0) is 30.7 Å². The summed E-state index contributed by atoms with van der Waals surface area (Å²) in [4.78, 5) is 12.9. The monoisotopic (exact) mass is 282 g/mol. The molecule has 19 heavy (non-hydrogen) atoms. The summed E-state index contributed by atoms with van der Waals surface area (Å²) in [7, 11) is -3.09. The normalized spacial score (nSPS) is 17.5. The van der Waals surface area contributed by atoms with Crippen LogP contribution in [-0.2, 0) is 10.0 Å². The molecule has 0 amide bonds. The molecule has 6 heteroatoms. The number of hydrogen-bond donors (Lipinski definition) is 0. The highest BCUT2D eigenvalue weighted by atomic mass is 32.2. The topological polar surface area (TPSA) is 57.7 Å². The van der Waals surface area contributed by atoms with Gasteiger partial charge in [0.1, 0.15) is 6.29 Å². The number of aldehydes is 1. The minimum atomic E-state index is -3.09. The molecule has 2 rings (SSSR count). The Morgan fingerprint density at radius 3 is 2.26 bits per heavy atom. The van der Waals surface area contributed by atoms with Gasteiger partial charge in [-0.2, -0.15) is 4.31 Å². The number of hydrogen-bond acceptors (Lipinski definition) is 4. The van der Waals surface area contributed by atoms with Gasteiger partial charge < -0.3 is 4.90 Å². The van der Waals surface area contributed by atoms with Crippen LogP contribution in [0.5, 0.6) is 0 Å². The van der Waals surface area contributed by atoms with Crippen LogP contribution in [0.3, 0.4) is 0 Å². The van der Waals surface area contributed by atoms with Crippen molar-refractivity contribution in [3.8, 4) is 0 Å². The predicted octanol–water partition coefficient (Wildman–Crippen LogP) is 0.889. The number of piperazine rings is 1. The van der Waals surface area contributed by atoms with Crippen LogP contribution < -0.4 is 4.90 Å². The second-order valence-electron chi connectivity index (χ2n) is 4.81. The van der Waals surface area contributed by atoms with Gasteiger partial charge in [0.2, 0.25) is 10.0 Å².